The molecule has 0 saturated carbocycles. The van der Waals surface area contributed by atoms with Crippen LogP contribution in [0.2, 0.25) is 0 Å². The van der Waals surface area contributed by atoms with Gasteiger partial charge in [0.15, 0.2) is 6.54 Å². The van der Waals surface area contributed by atoms with Crippen LogP contribution in [0.5, 0.6) is 0 Å². The zero-order valence-electron chi connectivity index (χ0n) is 15.5. The molecule has 0 aliphatic rings. The molecule has 0 radical (unpaired) electrons. The van der Waals surface area contributed by atoms with Crippen LogP contribution < -0.4 is 10.2 Å². The second-order valence-electron chi connectivity index (χ2n) is 6.38. The van der Waals surface area contributed by atoms with E-state index in [0.717, 1.165) is 35.9 Å². The van der Waals surface area contributed by atoms with E-state index < -0.39 is 0 Å². The summed E-state index contributed by atoms with van der Waals surface area (Å²) in [4.78, 5) is 15.1. The van der Waals surface area contributed by atoms with Crippen LogP contribution in [0, 0.1) is 13.8 Å². The van der Waals surface area contributed by atoms with Gasteiger partial charge >= 0.3 is 0 Å². The van der Waals surface area contributed by atoms with Gasteiger partial charge in [0.1, 0.15) is 6.54 Å². The number of benzene rings is 1. The number of nitrogens with zero attached hydrogens (tertiary/aromatic N) is 2. The average molecular weight is 370 g/mol. The second-order valence-corrected chi connectivity index (χ2v) is 7.41. The number of hydrogen-bond acceptors (Lipinski definition) is 3. The highest BCUT2D eigenvalue weighted by Crippen LogP contribution is 2.22. The average Bonchev–Trinajstić information content (AvgIpc) is 3.25. The van der Waals surface area contributed by atoms with Crippen molar-refractivity contribution < 1.29 is 9.69 Å². The van der Waals surface area contributed by atoms with E-state index in [1.165, 1.54) is 9.78 Å². The van der Waals surface area contributed by atoms with Crippen LogP contribution in [0.1, 0.15) is 23.2 Å². The minimum absolute atomic E-state index is 0.0252. The zero-order valence-corrected chi connectivity index (χ0v) is 16.3. The number of anilines is 1. The molecule has 2 heterocycles. The molecule has 0 bridgehead atoms. The Morgan fingerprint density at radius 2 is 1.96 bits per heavy atom. The Hall–Kier alpha value is -2.44. The van der Waals surface area contributed by atoms with Crippen LogP contribution in [-0.2, 0) is 11.3 Å². The minimum atomic E-state index is 0.0252. The van der Waals surface area contributed by atoms with Crippen molar-refractivity contribution in [3.63, 3.8) is 0 Å². The summed E-state index contributed by atoms with van der Waals surface area (Å²) >= 11 is 1.74. The van der Waals surface area contributed by atoms with Crippen molar-refractivity contribution in [2.75, 3.05) is 18.4 Å². The van der Waals surface area contributed by atoms with E-state index in [4.69, 9.17) is 0 Å². The van der Waals surface area contributed by atoms with E-state index in [9.17, 15) is 4.79 Å². The van der Waals surface area contributed by atoms with E-state index in [1.54, 1.807) is 11.3 Å². The Kier molecular flexibility index (Phi) is 5.85. The summed E-state index contributed by atoms with van der Waals surface area (Å²) in [5.41, 5.74) is 3.58. The number of quaternary nitrogens is 1. The van der Waals surface area contributed by atoms with Crippen molar-refractivity contribution >= 4 is 22.9 Å². The van der Waals surface area contributed by atoms with Crippen molar-refractivity contribution in [2.24, 2.45) is 0 Å². The van der Waals surface area contributed by atoms with Crippen LogP contribution in [0.25, 0.3) is 5.69 Å². The second kappa shape index (κ2) is 8.29. The monoisotopic (exact) mass is 369 g/mol. The van der Waals surface area contributed by atoms with Gasteiger partial charge < -0.3 is 10.2 Å². The number of nitrogens with one attached hydrogen (secondary N) is 2. The molecule has 26 heavy (non-hydrogen) atoms. The molecule has 1 atom stereocenters. The number of likely N-dealkylation sites (N-methyl/N-ethyl adjacent to an activating group) is 1. The number of para-hydroxylation sites is 1. The quantitative estimate of drug-likeness (QED) is 0.673. The highest BCUT2D eigenvalue weighted by atomic mass is 32.1. The fraction of sp³-hybridized carbons (Fsp3) is 0.300. The third-order valence-electron chi connectivity index (χ3n) is 4.47. The SMILES string of the molecule is CC[NH+](CC(=O)Nc1c(C)nn(-c2ccccc2)c1C)Cc1cccs1. The molecule has 5 nitrogen and oxygen atoms in total. The molecule has 2 aromatic heterocycles. The standard InChI is InChI=1S/C20H24N4OS/c1-4-23(13-18-11-8-12-26-18)14-19(25)21-20-15(2)22-24(16(20)3)17-9-6-5-7-10-17/h5-12H,4,13-14H2,1-3H3,(H,21,25)/p+1. The Morgan fingerprint density at radius 3 is 2.62 bits per heavy atom. The summed E-state index contributed by atoms with van der Waals surface area (Å²) in [7, 11) is 0. The first kappa shape index (κ1) is 18.4. The molecule has 3 aromatic rings. The summed E-state index contributed by atoms with van der Waals surface area (Å²) in [5, 5.41) is 9.74. The first-order chi connectivity index (χ1) is 12.6. The molecule has 0 fully saturated rings. The number of thiophene rings is 1. The summed E-state index contributed by atoms with van der Waals surface area (Å²) < 4.78 is 1.88. The summed E-state index contributed by atoms with van der Waals surface area (Å²) in [5.74, 6) is 0.0252. The van der Waals surface area contributed by atoms with Gasteiger partial charge in [0.05, 0.1) is 34.2 Å². The molecule has 1 amide bonds. The van der Waals surface area contributed by atoms with Gasteiger partial charge in [-0.25, -0.2) is 4.68 Å². The van der Waals surface area contributed by atoms with Crippen molar-refractivity contribution in [1.82, 2.24) is 9.78 Å². The maximum absolute atomic E-state index is 12.6. The molecule has 0 spiro atoms. The molecule has 3 rings (SSSR count). The lowest BCUT2D eigenvalue weighted by molar-refractivity contribution is -0.903. The van der Waals surface area contributed by atoms with E-state index in [0.29, 0.717) is 6.54 Å². The van der Waals surface area contributed by atoms with Crippen molar-refractivity contribution in [2.45, 2.75) is 27.3 Å². The van der Waals surface area contributed by atoms with E-state index in [-0.39, 0.29) is 5.91 Å². The Morgan fingerprint density at radius 1 is 1.19 bits per heavy atom. The number of aromatic nitrogens is 2. The molecule has 0 aliphatic heterocycles. The summed E-state index contributed by atoms with van der Waals surface area (Å²) in [6.45, 7) is 8.26. The topological polar surface area (TPSA) is 51.4 Å². The molecule has 2 N–H and O–H groups in total. The number of carbonyl (C=O) groups excluding carboxylic acids is 1. The van der Waals surface area contributed by atoms with Gasteiger partial charge in [-0.2, -0.15) is 5.10 Å². The first-order valence-electron chi connectivity index (χ1n) is 8.86. The largest absolute Gasteiger partial charge is 0.323 e. The molecule has 1 unspecified atom stereocenters. The maximum atomic E-state index is 12.6. The molecule has 0 aliphatic carbocycles. The Balaban J connectivity index is 1.70. The molecular formula is C20H25N4OS+. The normalized spacial score (nSPS) is 12.1. The van der Waals surface area contributed by atoms with Crippen LogP contribution in [0.4, 0.5) is 5.69 Å². The van der Waals surface area contributed by atoms with E-state index >= 15 is 0 Å². The van der Waals surface area contributed by atoms with Gasteiger partial charge in [0.2, 0.25) is 0 Å². The van der Waals surface area contributed by atoms with Crippen molar-refractivity contribution in [1.29, 1.82) is 0 Å². The molecule has 136 valence electrons. The molecular weight excluding hydrogens is 344 g/mol. The Labute approximate surface area is 158 Å². The highest BCUT2D eigenvalue weighted by Gasteiger charge is 2.18. The number of hydrogen-bond donors (Lipinski definition) is 2. The predicted octanol–water partition coefficient (Wildman–Crippen LogP) is 2.59. The predicted molar refractivity (Wildman–Crippen MR) is 106 cm³/mol. The minimum Gasteiger partial charge on any atom is -0.323 e. The fourth-order valence-electron chi connectivity index (χ4n) is 3.03. The van der Waals surface area contributed by atoms with Gasteiger partial charge in [-0.15, -0.1) is 11.3 Å². The van der Waals surface area contributed by atoms with E-state index in [2.05, 4.69) is 34.9 Å². The molecule has 0 saturated heterocycles. The maximum Gasteiger partial charge on any atom is 0.279 e. The van der Waals surface area contributed by atoms with Gasteiger partial charge in [0, 0.05) is 0 Å². The zero-order chi connectivity index (χ0) is 18.5. The summed E-state index contributed by atoms with van der Waals surface area (Å²) in [6.07, 6.45) is 0. The Bertz CT molecular complexity index is 856. The van der Waals surface area contributed by atoms with Gasteiger partial charge in [0.25, 0.3) is 5.91 Å². The number of rotatable bonds is 7. The van der Waals surface area contributed by atoms with Crippen LogP contribution in [-0.4, -0.2) is 28.8 Å². The van der Waals surface area contributed by atoms with Crippen LogP contribution in [0.3, 0.4) is 0 Å². The lowest BCUT2D eigenvalue weighted by atomic mass is 10.3. The lowest BCUT2D eigenvalue weighted by Crippen LogP contribution is -3.11. The van der Waals surface area contributed by atoms with Crippen molar-refractivity contribution in [3.8, 4) is 5.69 Å². The van der Waals surface area contributed by atoms with Gasteiger partial charge in [-0.1, -0.05) is 24.3 Å². The first-order valence-corrected chi connectivity index (χ1v) is 9.74. The van der Waals surface area contributed by atoms with E-state index in [1.807, 2.05) is 48.9 Å². The highest BCUT2D eigenvalue weighted by molar-refractivity contribution is 7.09. The molecule has 1 aromatic carbocycles. The lowest BCUT2D eigenvalue weighted by Gasteiger charge is -2.16. The van der Waals surface area contributed by atoms with Gasteiger partial charge in [-0.05, 0) is 44.4 Å². The number of aryl methyl sites for hydroxylation is 1. The van der Waals surface area contributed by atoms with Gasteiger partial charge in [-0.3, -0.25) is 4.79 Å². The van der Waals surface area contributed by atoms with Crippen LogP contribution >= 0.6 is 11.3 Å². The number of carbonyl (C=O) groups is 1. The number of amides is 1. The third-order valence-corrected chi connectivity index (χ3v) is 5.35. The molecule has 6 heteroatoms. The third kappa shape index (κ3) is 4.20. The fourth-order valence-corrected chi connectivity index (χ4v) is 3.80. The smallest absolute Gasteiger partial charge is 0.279 e. The summed E-state index contributed by atoms with van der Waals surface area (Å²) in [6, 6.07) is 14.1. The van der Waals surface area contributed by atoms with Crippen molar-refractivity contribution in [3.05, 3.63) is 64.1 Å². The van der Waals surface area contributed by atoms with Crippen LogP contribution in [0.15, 0.2) is 47.8 Å².